The summed E-state index contributed by atoms with van der Waals surface area (Å²) in [4.78, 5) is 16.1. The van der Waals surface area contributed by atoms with Gasteiger partial charge in [0.05, 0.1) is 13.5 Å². The van der Waals surface area contributed by atoms with Crippen LogP contribution in [0.4, 0.5) is 0 Å². The van der Waals surface area contributed by atoms with E-state index < -0.39 is 0 Å². The molecule has 1 aliphatic heterocycles. The van der Waals surface area contributed by atoms with Crippen LogP contribution in [0.1, 0.15) is 27.2 Å². The fraction of sp³-hybridized carbons (Fsp3) is 0.923. The predicted molar refractivity (Wildman–Crippen MR) is 68.9 cm³/mol. The summed E-state index contributed by atoms with van der Waals surface area (Å²) in [5.74, 6) is 0.621. The highest BCUT2D eigenvalue weighted by atomic mass is 16.5. The second kappa shape index (κ2) is 6.97. The number of methoxy groups -OCH3 is 1. The first-order valence-electron chi connectivity index (χ1n) is 6.56. The molecule has 0 radical (unpaired) electrons. The van der Waals surface area contributed by atoms with Gasteiger partial charge in [-0.05, 0) is 12.8 Å². The first-order chi connectivity index (χ1) is 8.02. The molecule has 0 aromatic rings. The molecule has 1 rings (SSSR count). The Morgan fingerprint density at radius 3 is 2.24 bits per heavy atom. The third kappa shape index (κ3) is 5.04. The number of carbonyl (C=O) groups is 1. The molecule has 1 aliphatic rings. The summed E-state index contributed by atoms with van der Waals surface area (Å²) < 4.78 is 4.71. The Morgan fingerprint density at radius 1 is 1.18 bits per heavy atom. The second-order valence-electron chi connectivity index (χ2n) is 5.36. The van der Waals surface area contributed by atoms with Gasteiger partial charge in [0.25, 0.3) is 0 Å². The van der Waals surface area contributed by atoms with Crippen molar-refractivity contribution in [3.8, 4) is 0 Å². The van der Waals surface area contributed by atoms with Crippen LogP contribution in [0.2, 0.25) is 0 Å². The molecule has 4 nitrogen and oxygen atoms in total. The summed E-state index contributed by atoms with van der Waals surface area (Å²) in [6, 6.07) is 0.295. The van der Waals surface area contributed by atoms with Crippen molar-refractivity contribution in [1.82, 2.24) is 9.80 Å². The average Bonchev–Trinajstić information content (AvgIpc) is 2.28. The van der Waals surface area contributed by atoms with Gasteiger partial charge in [0.2, 0.25) is 0 Å². The molecule has 1 atom stereocenters. The molecule has 4 heteroatoms. The molecule has 0 aliphatic carbocycles. The number of hydrogen-bond acceptors (Lipinski definition) is 4. The van der Waals surface area contributed by atoms with Gasteiger partial charge in [-0.1, -0.05) is 13.8 Å². The maximum Gasteiger partial charge on any atom is 0.307 e. The van der Waals surface area contributed by atoms with Crippen LogP contribution in [-0.2, 0) is 9.53 Å². The van der Waals surface area contributed by atoms with E-state index in [4.69, 9.17) is 4.74 Å². The van der Waals surface area contributed by atoms with Crippen LogP contribution in [0.15, 0.2) is 0 Å². The second-order valence-corrected chi connectivity index (χ2v) is 5.36. The Balaban J connectivity index is 2.28. The summed E-state index contributed by atoms with van der Waals surface area (Å²) in [7, 11) is 1.45. The minimum absolute atomic E-state index is 0.109. The highest BCUT2D eigenvalue weighted by Crippen LogP contribution is 2.10. The number of ether oxygens (including phenoxy) is 1. The Kier molecular flexibility index (Phi) is 5.92. The van der Waals surface area contributed by atoms with Gasteiger partial charge in [0.1, 0.15) is 0 Å². The van der Waals surface area contributed by atoms with Crippen LogP contribution in [-0.4, -0.2) is 61.6 Å². The fourth-order valence-electron chi connectivity index (χ4n) is 2.36. The molecule has 1 unspecified atom stereocenters. The van der Waals surface area contributed by atoms with E-state index in [9.17, 15) is 4.79 Å². The molecule has 0 aromatic carbocycles. The summed E-state index contributed by atoms with van der Waals surface area (Å²) in [6.07, 6.45) is 0.501. The lowest BCUT2D eigenvalue weighted by atomic mass is 10.1. The lowest BCUT2D eigenvalue weighted by Crippen LogP contribution is -2.50. The third-order valence-electron chi connectivity index (χ3n) is 3.34. The SMILES string of the molecule is COC(=O)CC(C)N1CCN(CC(C)C)CC1. The number of hydrogen-bond donors (Lipinski definition) is 0. The molecule has 0 N–H and O–H groups in total. The molecule has 1 heterocycles. The van der Waals surface area contributed by atoms with Crippen molar-refractivity contribution >= 4 is 5.97 Å². The molecular formula is C13H26N2O2. The van der Waals surface area contributed by atoms with E-state index >= 15 is 0 Å². The number of piperazine rings is 1. The van der Waals surface area contributed by atoms with E-state index in [1.54, 1.807) is 0 Å². The van der Waals surface area contributed by atoms with Crippen molar-refractivity contribution in [3.05, 3.63) is 0 Å². The number of nitrogens with zero attached hydrogens (tertiary/aromatic N) is 2. The van der Waals surface area contributed by atoms with Crippen molar-refractivity contribution in [2.24, 2.45) is 5.92 Å². The fourth-order valence-corrected chi connectivity index (χ4v) is 2.36. The van der Waals surface area contributed by atoms with Crippen molar-refractivity contribution in [2.75, 3.05) is 39.8 Å². The van der Waals surface area contributed by atoms with Crippen LogP contribution in [0.5, 0.6) is 0 Å². The standard InChI is InChI=1S/C13H26N2O2/c1-11(2)10-14-5-7-15(8-6-14)12(3)9-13(16)17-4/h11-12H,5-10H2,1-4H3. The summed E-state index contributed by atoms with van der Waals surface area (Å²) in [6.45, 7) is 12.1. The minimum atomic E-state index is -0.109. The van der Waals surface area contributed by atoms with E-state index in [-0.39, 0.29) is 5.97 Å². The third-order valence-corrected chi connectivity index (χ3v) is 3.34. The predicted octanol–water partition coefficient (Wildman–Crippen LogP) is 1.21. The maximum absolute atomic E-state index is 11.2. The van der Waals surface area contributed by atoms with E-state index in [1.165, 1.54) is 13.7 Å². The summed E-state index contributed by atoms with van der Waals surface area (Å²) in [5.41, 5.74) is 0. The highest BCUT2D eigenvalue weighted by molar-refractivity contribution is 5.69. The van der Waals surface area contributed by atoms with E-state index in [0.29, 0.717) is 12.5 Å². The van der Waals surface area contributed by atoms with Crippen molar-refractivity contribution in [1.29, 1.82) is 0 Å². The van der Waals surface area contributed by atoms with Gasteiger partial charge in [0.15, 0.2) is 0 Å². The van der Waals surface area contributed by atoms with Gasteiger partial charge in [-0.15, -0.1) is 0 Å². The van der Waals surface area contributed by atoms with Gasteiger partial charge < -0.3 is 9.64 Å². The van der Waals surface area contributed by atoms with Crippen molar-refractivity contribution < 1.29 is 9.53 Å². The summed E-state index contributed by atoms with van der Waals surface area (Å²) >= 11 is 0. The molecule has 17 heavy (non-hydrogen) atoms. The van der Waals surface area contributed by atoms with E-state index in [1.807, 2.05) is 0 Å². The molecule has 0 saturated carbocycles. The number of carbonyl (C=O) groups excluding carboxylic acids is 1. The van der Waals surface area contributed by atoms with E-state index in [2.05, 4.69) is 30.6 Å². The van der Waals surface area contributed by atoms with Gasteiger partial charge >= 0.3 is 5.97 Å². The zero-order valence-corrected chi connectivity index (χ0v) is 11.6. The molecule has 0 amide bonds. The lowest BCUT2D eigenvalue weighted by molar-refractivity contribution is -0.142. The van der Waals surface area contributed by atoms with Gasteiger partial charge in [0, 0.05) is 38.8 Å². The average molecular weight is 242 g/mol. The first-order valence-corrected chi connectivity index (χ1v) is 6.56. The number of esters is 1. The normalized spacial score (nSPS) is 20.5. The highest BCUT2D eigenvalue weighted by Gasteiger charge is 2.22. The largest absolute Gasteiger partial charge is 0.469 e. The topological polar surface area (TPSA) is 32.8 Å². The molecule has 100 valence electrons. The molecule has 0 spiro atoms. The van der Waals surface area contributed by atoms with Crippen LogP contribution >= 0.6 is 0 Å². The van der Waals surface area contributed by atoms with Crippen molar-refractivity contribution in [3.63, 3.8) is 0 Å². The molecule has 1 fully saturated rings. The van der Waals surface area contributed by atoms with Crippen LogP contribution in [0, 0.1) is 5.92 Å². The lowest BCUT2D eigenvalue weighted by Gasteiger charge is -2.38. The minimum Gasteiger partial charge on any atom is -0.469 e. The Hall–Kier alpha value is -0.610. The van der Waals surface area contributed by atoms with Gasteiger partial charge in [-0.3, -0.25) is 9.69 Å². The Labute approximate surface area is 105 Å². The van der Waals surface area contributed by atoms with E-state index in [0.717, 1.165) is 32.1 Å². The Bertz CT molecular complexity index is 236. The Morgan fingerprint density at radius 2 is 1.76 bits per heavy atom. The molecule has 0 bridgehead atoms. The van der Waals surface area contributed by atoms with Gasteiger partial charge in [-0.2, -0.15) is 0 Å². The molecular weight excluding hydrogens is 216 g/mol. The monoisotopic (exact) mass is 242 g/mol. The summed E-state index contributed by atoms with van der Waals surface area (Å²) in [5, 5.41) is 0. The van der Waals surface area contributed by atoms with Gasteiger partial charge in [-0.25, -0.2) is 0 Å². The van der Waals surface area contributed by atoms with Crippen LogP contribution in [0.25, 0.3) is 0 Å². The smallest absolute Gasteiger partial charge is 0.307 e. The molecule has 0 aromatic heterocycles. The quantitative estimate of drug-likeness (QED) is 0.679. The molecule has 1 saturated heterocycles. The number of rotatable bonds is 5. The zero-order chi connectivity index (χ0) is 12.8. The van der Waals surface area contributed by atoms with Crippen LogP contribution < -0.4 is 0 Å². The first kappa shape index (κ1) is 14.5. The zero-order valence-electron chi connectivity index (χ0n) is 11.6. The van der Waals surface area contributed by atoms with Crippen molar-refractivity contribution in [2.45, 2.75) is 33.2 Å². The van der Waals surface area contributed by atoms with Crippen LogP contribution in [0.3, 0.4) is 0 Å². The maximum atomic E-state index is 11.2.